The van der Waals surface area contributed by atoms with Gasteiger partial charge in [0, 0.05) is 24.0 Å². The molecular formula is C20H22FN3O5. The number of halogens is 1. The lowest BCUT2D eigenvalue weighted by Crippen LogP contribution is -2.45. The molecule has 0 bridgehead atoms. The first-order chi connectivity index (χ1) is 13.6. The minimum atomic E-state index is -1.60. The summed E-state index contributed by atoms with van der Waals surface area (Å²) in [6.07, 6.45) is 1.79. The van der Waals surface area contributed by atoms with E-state index in [9.17, 15) is 9.59 Å². The fraction of sp³-hybridized carbons (Fsp3) is 0.500. The summed E-state index contributed by atoms with van der Waals surface area (Å²) in [7, 11) is 0. The van der Waals surface area contributed by atoms with Gasteiger partial charge in [-0.25, -0.2) is 9.18 Å². The standard InChI is InChI=1S/C20H22FN3O5/c1-10-7-28-17-14-11(16(25)13(6-24(10)14)29-18(26)27)5-12(21)15(17)23-8-19(2,22)20(9-23)3-4-20/h5-6,10H,3-4,7-9,22H2,1-2H3,(H,26,27)/t10-,19?/m0/s1. The van der Waals surface area contributed by atoms with Crippen molar-refractivity contribution in [2.45, 2.75) is 38.3 Å². The molecule has 0 amide bonds. The number of hydrogen-bond donors (Lipinski definition) is 2. The second kappa shape index (κ2) is 5.63. The molecule has 1 spiro atoms. The van der Waals surface area contributed by atoms with Gasteiger partial charge in [-0.2, -0.15) is 0 Å². The number of pyridine rings is 1. The van der Waals surface area contributed by atoms with Crippen molar-refractivity contribution < 1.29 is 23.8 Å². The molecule has 2 aliphatic heterocycles. The maximum Gasteiger partial charge on any atom is 0.511 e. The zero-order chi connectivity index (χ0) is 20.7. The summed E-state index contributed by atoms with van der Waals surface area (Å²) in [5.74, 6) is -0.651. The highest BCUT2D eigenvalue weighted by molar-refractivity contribution is 5.93. The smallest absolute Gasteiger partial charge is 0.487 e. The lowest BCUT2D eigenvalue weighted by atomic mass is 9.87. The van der Waals surface area contributed by atoms with Crippen molar-refractivity contribution >= 4 is 22.7 Å². The van der Waals surface area contributed by atoms with E-state index in [2.05, 4.69) is 4.74 Å². The zero-order valence-corrected chi connectivity index (χ0v) is 16.2. The average molecular weight is 403 g/mol. The first-order valence-corrected chi connectivity index (χ1v) is 9.62. The summed E-state index contributed by atoms with van der Waals surface area (Å²) >= 11 is 0. The minimum Gasteiger partial charge on any atom is -0.487 e. The Bertz CT molecular complexity index is 1120. The van der Waals surface area contributed by atoms with Crippen molar-refractivity contribution in [3.8, 4) is 11.5 Å². The van der Waals surface area contributed by atoms with Crippen LogP contribution in [0.5, 0.6) is 11.5 Å². The van der Waals surface area contributed by atoms with Crippen molar-refractivity contribution in [1.82, 2.24) is 4.57 Å². The SMILES string of the molecule is C[C@H]1COc2c(N3CC(C)(N)C4(CC4)C3)c(F)cc3c(=O)c(OC(=O)O)cn1c23. The molecule has 1 aliphatic carbocycles. The van der Waals surface area contributed by atoms with E-state index in [4.69, 9.17) is 15.6 Å². The molecule has 3 aliphatic rings. The largest absolute Gasteiger partial charge is 0.511 e. The molecule has 154 valence electrons. The Kier molecular flexibility index (Phi) is 3.54. The molecule has 1 saturated carbocycles. The Hall–Kier alpha value is -2.81. The predicted octanol–water partition coefficient (Wildman–Crippen LogP) is 2.47. The lowest BCUT2D eigenvalue weighted by Gasteiger charge is -2.31. The molecule has 2 atom stereocenters. The zero-order valence-electron chi connectivity index (χ0n) is 16.2. The summed E-state index contributed by atoms with van der Waals surface area (Å²) in [6.45, 7) is 5.25. The van der Waals surface area contributed by atoms with Crippen molar-refractivity contribution in [3.05, 3.63) is 28.3 Å². The number of ether oxygens (including phenoxy) is 2. The number of nitrogens with zero attached hydrogens (tertiary/aromatic N) is 2. The Morgan fingerprint density at radius 3 is 2.76 bits per heavy atom. The quantitative estimate of drug-likeness (QED) is 0.742. The topological polar surface area (TPSA) is 107 Å². The van der Waals surface area contributed by atoms with E-state index >= 15 is 4.39 Å². The van der Waals surface area contributed by atoms with Crippen LogP contribution in [-0.4, -0.2) is 41.1 Å². The van der Waals surface area contributed by atoms with Crippen LogP contribution in [0.1, 0.15) is 32.7 Å². The highest BCUT2D eigenvalue weighted by Gasteiger charge is 2.61. The molecule has 29 heavy (non-hydrogen) atoms. The first kappa shape index (κ1) is 18.2. The molecule has 9 heteroatoms. The monoisotopic (exact) mass is 403 g/mol. The third-order valence-electron chi connectivity index (χ3n) is 6.70. The molecular weight excluding hydrogens is 381 g/mol. The van der Waals surface area contributed by atoms with E-state index in [1.165, 1.54) is 6.20 Å². The molecule has 1 unspecified atom stereocenters. The lowest BCUT2D eigenvalue weighted by molar-refractivity contribution is 0.143. The molecule has 2 aromatic rings. The van der Waals surface area contributed by atoms with Crippen molar-refractivity contribution in [1.29, 1.82) is 0 Å². The molecule has 0 radical (unpaired) electrons. The predicted molar refractivity (Wildman–Crippen MR) is 103 cm³/mol. The van der Waals surface area contributed by atoms with Crippen LogP contribution in [0.4, 0.5) is 14.9 Å². The van der Waals surface area contributed by atoms with Gasteiger partial charge in [0.1, 0.15) is 12.3 Å². The summed E-state index contributed by atoms with van der Waals surface area (Å²) in [4.78, 5) is 25.6. The number of hydrogen-bond acceptors (Lipinski definition) is 6. The van der Waals surface area contributed by atoms with Crippen molar-refractivity contribution in [3.63, 3.8) is 0 Å². The van der Waals surface area contributed by atoms with Crippen LogP contribution in [0.2, 0.25) is 0 Å². The van der Waals surface area contributed by atoms with Gasteiger partial charge in [-0.3, -0.25) is 4.79 Å². The normalized spacial score (nSPS) is 26.6. The van der Waals surface area contributed by atoms with Gasteiger partial charge in [0.25, 0.3) is 0 Å². The number of aromatic nitrogens is 1. The molecule has 5 rings (SSSR count). The first-order valence-electron chi connectivity index (χ1n) is 9.62. The van der Waals surface area contributed by atoms with Crippen LogP contribution in [0.3, 0.4) is 0 Å². The third kappa shape index (κ3) is 2.46. The van der Waals surface area contributed by atoms with E-state index in [0.717, 1.165) is 18.9 Å². The highest BCUT2D eigenvalue weighted by atomic mass is 19.1. The summed E-state index contributed by atoms with van der Waals surface area (Å²) < 4.78 is 27.6. The van der Waals surface area contributed by atoms with E-state index in [0.29, 0.717) is 30.0 Å². The van der Waals surface area contributed by atoms with Gasteiger partial charge in [0.05, 0.1) is 23.1 Å². The third-order valence-corrected chi connectivity index (χ3v) is 6.70. The maximum absolute atomic E-state index is 15.3. The molecule has 3 heterocycles. The van der Waals surface area contributed by atoms with Crippen LogP contribution < -0.4 is 25.5 Å². The van der Waals surface area contributed by atoms with Crippen LogP contribution >= 0.6 is 0 Å². The van der Waals surface area contributed by atoms with Gasteiger partial charge in [0.2, 0.25) is 5.43 Å². The Morgan fingerprint density at radius 2 is 2.14 bits per heavy atom. The molecule has 1 aromatic heterocycles. The fourth-order valence-electron chi connectivity index (χ4n) is 4.85. The van der Waals surface area contributed by atoms with E-state index in [-0.39, 0.29) is 29.2 Å². The number of nitrogens with two attached hydrogens (primary N) is 1. The number of carbonyl (C=O) groups is 1. The summed E-state index contributed by atoms with van der Waals surface area (Å²) in [5, 5.41) is 8.95. The summed E-state index contributed by atoms with van der Waals surface area (Å²) in [5.41, 5.74) is 6.15. The van der Waals surface area contributed by atoms with Crippen molar-refractivity contribution in [2.75, 3.05) is 24.6 Å². The van der Waals surface area contributed by atoms with E-state index in [1.807, 2.05) is 18.7 Å². The number of rotatable bonds is 2. The van der Waals surface area contributed by atoms with Crippen molar-refractivity contribution in [2.24, 2.45) is 11.1 Å². The second-order valence-corrected chi connectivity index (χ2v) is 8.74. The number of anilines is 1. The van der Waals surface area contributed by atoms with E-state index in [1.54, 1.807) is 4.57 Å². The van der Waals surface area contributed by atoms with Crippen LogP contribution in [0, 0.1) is 11.2 Å². The van der Waals surface area contributed by atoms with Gasteiger partial charge in [-0.1, -0.05) is 0 Å². The number of carboxylic acid groups (broad SMARTS) is 1. The molecule has 3 N–H and O–H groups in total. The molecule has 8 nitrogen and oxygen atoms in total. The van der Waals surface area contributed by atoms with Gasteiger partial charge in [-0.05, 0) is 32.8 Å². The number of benzene rings is 1. The Labute approximate surface area is 165 Å². The van der Waals surface area contributed by atoms with Gasteiger partial charge in [0.15, 0.2) is 17.3 Å². The molecule has 1 aromatic carbocycles. The Balaban J connectivity index is 1.74. The second-order valence-electron chi connectivity index (χ2n) is 8.74. The van der Waals surface area contributed by atoms with Crippen LogP contribution in [0.25, 0.3) is 10.9 Å². The van der Waals surface area contributed by atoms with E-state index < -0.39 is 22.9 Å². The summed E-state index contributed by atoms with van der Waals surface area (Å²) in [6, 6.07) is 0.961. The van der Waals surface area contributed by atoms with Gasteiger partial charge >= 0.3 is 6.16 Å². The minimum absolute atomic E-state index is 0.0120. The van der Waals surface area contributed by atoms with Gasteiger partial charge in [-0.15, -0.1) is 0 Å². The fourth-order valence-corrected chi connectivity index (χ4v) is 4.85. The van der Waals surface area contributed by atoms with Crippen LogP contribution in [-0.2, 0) is 0 Å². The molecule has 1 saturated heterocycles. The molecule has 2 fully saturated rings. The Morgan fingerprint density at radius 1 is 1.41 bits per heavy atom. The maximum atomic E-state index is 15.3. The van der Waals surface area contributed by atoms with Gasteiger partial charge < -0.3 is 29.8 Å². The highest BCUT2D eigenvalue weighted by Crippen LogP contribution is 2.59. The average Bonchev–Trinajstić information content (AvgIpc) is 3.36. The van der Waals surface area contributed by atoms with Crippen LogP contribution in [0.15, 0.2) is 17.1 Å².